The Morgan fingerprint density at radius 2 is 1.74 bits per heavy atom. The first-order valence-electron chi connectivity index (χ1n) is 7.87. The van der Waals surface area contributed by atoms with Crippen molar-refractivity contribution in [1.82, 2.24) is 0 Å². The van der Waals surface area contributed by atoms with Crippen molar-refractivity contribution in [3.63, 3.8) is 0 Å². The second-order valence-corrected chi connectivity index (χ2v) is 5.56. The highest BCUT2D eigenvalue weighted by Crippen LogP contribution is 2.21. The maximum atomic E-state index is 12.2. The van der Waals surface area contributed by atoms with E-state index in [4.69, 9.17) is 0 Å². The van der Waals surface area contributed by atoms with Gasteiger partial charge in [-0.05, 0) is 35.9 Å². The molecule has 0 radical (unpaired) electrons. The molecule has 2 aromatic carbocycles. The highest BCUT2D eigenvalue weighted by atomic mass is 19.4. The van der Waals surface area contributed by atoms with Crippen LogP contribution in [0.3, 0.4) is 0 Å². The molecule has 5 nitrogen and oxygen atoms in total. The lowest BCUT2D eigenvalue weighted by Crippen LogP contribution is -2.19. The Hall–Kier alpha value is -3.29. The van der Waals surface area contributed by atoms with Crippen LogP contribution in [-0.2, 0) is 9.59 Å². The van der Waals surface area contributed by atoms with E-state index in [9.17, 15) is 22.8 Å². The number of anilines is 2. The number of nitrogens with one attached hydrogen (secondary N) is 2. The van der Waals surface area contributed by atoms with Crippen LogP contribution in [-0.4, -0.2) is 24.6 Å². The van der Waals surface area contributed by atoms with Gasteiger partial charge < -0.3 is 15.4 Å². The molecule has 0 aliphatic rings. The number of alkyl halides is 3. The van der Waals surface area contributed by atoms with Gasteiger partial charge in [0.05, 0.1) is 0 Å². The van der Waals surface area contributed by atoms with Crippen molar-refractivity contribution in [3.8, 4) is 5.75 Å². The lowest BCUT2D eigenvalue weighted by molar-refractivity contribution is -0.153. The molecule has 0 fully saturated rings. The minimum atomic E-state index is -4.43. The highest BCUT2D eigenvalue weighted by Gasteiger charge is 2.28. The number of carbonyl (C=O) groups is 2. The summed E-state index contributed by atoms with van der Waals surface area (Å²) in [7, 11) is 0. The van der Waals surface area contributed by atoms with Gasteiger partial charge in [0.1, 0.15) is 5.75 Å². The van der Waals surface area contributed by atoms with Crippen LogP contribution in [0.2, 0.25) is 0 Å². The van der Waals surface area contributed by atoms with Crippen molar-refractivity contribution in [1.29, 1.82) is 0 Å². The molecule has 2 amide bonds. The molecule has 0 atom stereocenters. The van der Waals surface area contributed by atoms with Gasteiger partial charge in [-0.25, -0.2) is 0 Å². The molecule has 0 aliphatic heterocycles. The van der Waals surface area contributed by atoms with Crippen LogP contribution in [0.15, 0.2) is 54.6 Å². The minimum absolute atomic E-state index is 0.00247. The average Bonchev–Trinajstić information content (AvgIpc) is 2.59. The van der Waals surface area contributed by atoms with Crippen molar-refractivity contribution in [3.05, 3.63) is 60.2 Å². The van der Waals surface area contributed by atoms with E-state index in [1.807, 2.05) is 0 Å². The first-order chi connectivity index (χ1) is 12.7. The van der Waals surface area contributed by atoms with Gasteiger partial charge in [0, 0.05) is 30.4 Å². The van der Waals surface area contributed by atoms with Crippen molar-refractivity contribution in [2.75, 3.05) is 17.2 Å². The maximum Gasteiger partial charge on any atom is 0.422 e. The zero-order chi connectivity index (χ0) is 19.9. The van der Waals surface area contributed by atoms with E-state index >= 15 is 0 Å². The highest BCUT2D eigenvalue weighted by molar-refractivity contribution is 6.02. The van der Waals surface area contributed by atoms with E-state index in [0.717, 1.165) is 5.56 Å². The normalized spacial score (nSPS) is 11.3. The topological polar surface area (TPSA) is 67.4 Å². The molecule has 0 spiro atoms. The SMILES string of the molecule is CC(=O)Nc1ccc(/C=C/C(=O)Nc2cccc(OCC(F)(F)F)c2)cc1. The summed E-state index contributed by atoms with van der Waals surface area (Å²) in [6, 6.07) is 12.5. The van der Waals surface area contributed by atoms with Crippen molar-refractivity contribution in [2.45, 2.75) is 13.1 Å². The molecule has 2 N–H and O–H groups in total. The summed E-state index contributed by atoms with van der Waals surface area (Å²) in [6.07, 6.45) is -1.58. The summed E-state index contributed by atoms with van der Waals surface area (Å²) in [5.74, 6) is -0.629. The standard InChI is InChI=1S/C19H17F3N2O3/c1-13(25)23-15-8-5-14(6-9-15)7-10-18(26)24-16-3-2-4-17(11-16)27-12-19(20,21)22/h2-11H,12H2,1H3,(H,23,25)(H,24,26)/b10-7+. The Balaban J connectivity index is 1.93. The number of ether oxygens (including phenoxy) is 1. The third-order valence-corrected chi connectivity index (χ3v) is 3.16. The van der Waals surface area contributed by atoms with Gasteiger partial charge in [-0.15, -0.1) is 0 Å². The largest absolute Gasteiger partial charge is 0.484 e. The van der Waals surface area contributed by atoms with Crippen LogP contribution in [0.4, 0.5) is 24.5 Å². The molecule has 0 unspecified atom stereocenters. The molecule has 0 aliphatic carbocycles. The van der Waals surface area contributed by atoms with Crippen LogP contribution in [0.1, 0.15) is 12.5 Å². The van der Waals surface area contributed by atoms with Crippen molar-refractivity contribution in [2.24, 2.45) is 0 Å². The molecular weight excluding hydrogens is 361 g/mol. The number of carbonyl (C=O) groups excluding carboxylic acids is 2. The minimum Gasteiger partial charge on any atom is -0.484 e. The zero-order valence-electron chi connectivity index (χ0n) is 14.3. The lowest BCUT2D eigenvalue weighted by atomic mass is 10.2. The molecule has 8 heteroatoms. The Morgan fingerprint density at radius 3 is 2.37 bits per heavy atom. The van der Waals surface area contributed by atoms with Gasteiger partial charge in [0.15, 0.2) is 6.61 Å². The fourth-order valence-electron chi connectivity index (χ4n) is 2.07. The van der Waals surface area contributed by atoms with Crippen molar-refractivity contribution >= 4 is 29.3 Å². The number of benzene rings is 2. The second-order valence-electron chi connectivity index (χ2n) is 5.56. The molecule has 0 saturated heterocycles. The third kappa shape index (κ3) is 7.64. The van der Waals surface area contributed by atoms with Gasteiger partial charge >= 0.3 is 6.18 Å². The van der Waals surface area contributed by atoms with Crippen LogP contribution in [0.25, 0.3) is 6.08 Å². The molecule has 2 aromatic rings. The number of halogens is 3. The Labute approximate surface area is 153 Å². The number of hydrogen-bond acceptors (Lipinski definition) is 3. The van der Waals surface area contributed by atoms with Gasteiger partial charge in [-0.3, -0.25) is 9.59 Å². The summed E-state index contributed by atoms with van der Waals surface area (Å²) in [4.78, 5) is 22.9. The number of rotatable bonds is 6. The molecule has 2 rings (SSSR count). The van der Waals surface area contributed by atoms with Crippen LogP contribution < -0.4 is 15.4 Å². The summed E-state index contributed by atoms with van der Waals surface area (Å²) < 4.78 is 41.2. The fraction of sp³-hybridized carbons (Fsp3) is 0.158. The Kier molecular flexibility index (Phi) is 6.59. The van der Waals surface area contributed by atoms with E-state index in [-0.39, 0.29) is 11.7 Å². The molecule has 0 saturated carbocycles. The summed E-state index contributed by atoms with van der Waals surface area (Å²) in [5.41, 5.74) is 1.69. The van der Waals surface area contributed by atoms with Crippen LogP contribution in [0, 0.1) is 0 Å². The molecule has 27 heavy (non-hydrogen) atoms. The Morgan fingerprint density at radius 1 is 1.04 bits per heavy atom. The second kappa shape index (κ2) is 8.88. The molecule has 0 bridgehead atoms. The molecule has 142 valence electrons. The monoisotopic (exact) mass is 378 g/mol. The summed E-state index contributed by atoms with van der Waals surface area (Å²) in [5, 5.41) is 5.17. The Bertz CT molecular complexity index is 831. The van der Waals surface area contributed by atoms with Crippen LogP contribution in [0.5, 0.6) is 5.75 Å². The summed E-state index contributed by atoms with van der Waals surface area (Å²) in [6.45, 7) is 0.0000939. The van der Waals surface area contributed by atoms with Gasteiger partial charge in [-0.2, -0.15) is 13.2 Å². The molecule has 0 heterocycles. The summed E-state index contributed by atoms with van der Waals surface area (Å²) >= 11 is 0. The van der Waals surface area contributed by atoms with E-state index < -0.39 is 18.7 Å². The molecular formula is C19H17F3N2O3. The van der Waals surface area contributed by atoms with Gasteiger partial charge in [-0.1, -0.05) is 18.2 Å². The lowest BCUT2D eigenvalue weighted by Gasteiger charge is -2.10. The van der Waals surface area contributed by atoms with E-state index in [1.165, 1.54) is 37.3 Å². The smallest absolute Gasteiger partial charge is 0.422 e. The van der Waals surface area contributed by atoms with E-state index in [2.05, 4.69) is 15.4 Å². The quantitative estimate of drug-likeness (QED) is 0.739. The predicted molar refractivity (Wildman–Crippen MR) is 96.4 cm³/mol. The predicted octanol–water partition coefficient (Wildman–Crippen LogP) is 4.24. The first kappa shape index (κ1) is 20.0. The maximum absolute atomic E-state index is 12.2. The van der Waals surface area contributed by atoms with Crippen molar-refractivity contribution < 1.29 is 27.5 Å². The average molecular weight is 378 g/mol. The van der Waals surface area contributed by atoms with E-state index in [0.29, 0.717) is 11.4 Å². The number of hydrogen-bond donors (Lipinski definition) is 2. The fourth-order valence-corrected chi connectivity index (χ4v) is 2.07. The third-order valence-electron chi connectivity index (χ3n) is 3.16. The zero-order valence-corrected chi connectivity index (χ0v) is 14.3. The molecule has 0 aromatic heterocycles. The number of amides is 2. The van der Waals surface area contributed by atoms with Gasteiger partial charge in [0.2, 0.25) is 11.8 Å². The van der Waals surface area contributed by atoms with Crippen LogP contribution >= 0.6 is 0 Å². The van der Waals surface area contributed by atoms with Gasteiger partial charge in [0.25, 0.3) is 0 Å². The van der Waals surface area contributed by atoms with E-state index in [1.54, 1.807) is 30.3 Å². The first-order valence-corrected chi connectivity index (χ1v) is 7.87.